The summed E-state index contributed by atoms with van der Waals surface area (Å²) in [6, 6.07) is 0. The van der Waals surface area contributed by atoms with Gasteiger partial charge in [-0.25, -0.2) is 9.36 Å². The van der Waals surface area contributed by atoms with E-state index < -0.39 is 5.41 Å². The van der Waals surface area contributed by atoms with Gasteiger partial charge in [0.15, 0.2) is 6.20 Å². The number of hydrogen-bond donors (Lipinski definition) is 0. The number of carbonyl (C=O) groups is 1. The van der Waals surface area contributed by atoms with Crippen molar-refractivity contribution in [3.8, 4) is 0 Å². The molecule has 0 spiro atoms. The van der Waals surface area contributed by atoms with E-state index in [9.17, 15) is 4.79 Å². The van der Waals surface area contributed by atoms with Crippen LogP contribution in [0.25, 0.3) is 0 Å². The maximum atomic E-state index is 11.4. The minimum absolute atomic E-state index is 0.247. The Morgan fingerprint density at radius 3 is 2.46 bits per heavy atom. The van der Waals surface area contributed by atoms with Crippen LogP contribution in [0.2, 0.25) is 0 Å². The van der Waals surface area contributed by atoms with Gasteiger partial charge in [-0.3, -0.25) is 4.84 Å². The van der Waals surface area contributed by atoms with Gasteiger partial charge in [0.05, 0.1) is 12.5 Å². The van der Waals surface area contributed by atoms with Crippen molar-refractivity contribution in [3.63, 3.8) is 0 Å². The van der Waals surface area contributed by atoms with E-state index in [1.807, 2.05) is 27.8 Å². The van der Waals surface area contributed by atoms with E-state index in [1.165, 1.54) is 4.73 Å². The lowest BCUT2D eigenvalue weighted by Gasteiger charge is -2.12. The van der Waals surface area contributed by atoms with E-state index in [0.29, 0.717) is 0 Å². The molecule has 1 heterocycles. The number of hydrogen-bond acceptors (Lipinski definition) is 2. The largest absolute Gasteiger partial charge is 0.363 e. The van der Waals surface area contributed by atoms with E-state index in [4.69, 9.17) is 4.84 Å². The molecule has 0 atom stereocenters. The molecule has 0 saturated carbocycles. The van der Waals surface area contributed by atoms with Crippen molar-refractivity contribution >= 4 is 5.97 Å². The third kappa shape index (κ3) is 2.57. The Labute approximate surface area is 77.7 Å². The molecule has 0 saturated heterocycles. The van der Waals surface area contributed by atoms with E-state index in [2.05, 4.69) is 0 Å². The molecule has 0 bridgehead atoms. The first-order chi connectivity index (χ1) is 5.89. The van der Waals surface area contributed by atoms with Gasteiger partial charge in [0, 0.05) is 0 Å². The van der Waals surface area contributed by atoms with Crippen molar-refractivity contribution in [1.29, 1.82) is 0 Å². The average Bonchev–Trinajstić information content (AvgIpc) is 2.33. The molecule has 0 fully saturated rings. The number of nitrogens with zero attached hydrogens (tertiary/aromatic N) is 2. The van der Waals surface area contributed by atoms with Crippen LogP contribution in [-0.2, 0) is 11.8 Å². The van der Waals surface area contributed by atoms with Crippen molar-refractivity contribution in [3.05, 3.63) is 18.7 Å². The van der Waals surface area contributed by atoms with Gasteiger partial charge < -0.3 is 0 Å². The summed E-state index contributed by atoms with van der Waals surface area (Å²) in [5.41, 5.74) is -0.469. The van der Waals surface area contributed by atoms with Crippen LogP contribution in [0.4, 0.5) is 0 Å². The quantitative estimate of drug-likeness (QED) is 0.587. The Kier molecular flexibility index (Phi) is 2.40. The molecular weight excluding hydrogens is 168 g/mol. The molecule has 4 nitrogen and oxygen atoms in total. The van der Waals surface area contributed by atoms with Crippen molar-refractivity contribution in [1.82, 2.24) is 4.73 Å². The molecule has 0 aliphatic carbocycles. The fraction of sp³-hybridized carbons (Fsp3) is 0.556. The van der Waals surface area contributed by atoms with Gasteiger partial charge >= 0.3 is 5.97 Å². The van der Waals surface area contributed by atoms with Gasteiger partial charge in [0.25, 0.3) is 6.33 Å². The maximum Gasteiger partial charge on any atom is 0.363 e. The SMILES string of the molecule is C[n+]1ccn(OC(=O)C(C)(C)C)c1. The summed E-state index contributed by atoms with van der Waals surface area (Å²) < 4.78 is 3.20. The number of aromatic nitrogens is 2. The molecule has 0 unspecified atom stereocenters. The zero-order valence-electron chi connectivity index (χ0n) is 8.44. The standard InChI is InChI=1S/C9H15N2O2/c1-9(2,3)8(12)13-11-6-5-10(4)7-11/h5-7H,1-4H3/q+1. The Morgan fingerprint density at radius 2 is 2.08 bits per heavy atom. The minimum atomic E-state index is -0.469. The first-order valence-corrected chi connectivity index (χ1v) is 4.15. The van der Waals surface area contributed by atoms with E-state index in [0.717, 1.165) is 0 Å². The van der Waals surface area contributed by atoms with Crippen molar-refractivity contribution < 1.29 is 14.2 Å². The van der Waals surface area contributed by atoms with E-state index in [1.54, 1.807) is 23.3 Å². The summed E-state index contributed by atoms with van der Waals surface area (Å²) in [6.45, 7) is 5.45. The van der Waals surface area contributed by atoms with Crippen molar-refractivity contribution in [2.24, 2.45) is 12.5 Å². The molecule has 1 aromatic rings. The molecule has 4 heteroatoms. The lowest BCUT2D eigenvalue weighted by atomic mass is 9.98. The monoisotopic (exact) mass is 183 g/mol. The summed E-state index contributed by atoms with van der Waals surface area (Å²) in [5, 5.41) is 0. The predicted molar refractivity (Wildman–Crippen MR) is 46.7 cm³/mol. The van der Waals surface area contributed by atoms with E-state index >= 15 is 0 Å². The highest BCUT2D eigenvalue weighted by Gasteiger charge is 2.26. The average molecular weight is 183 g/mol. The first kappa shape index (κ1) is 9.77. The fourth-order valence-corrected chi connectivity index (χ4v) is 0.714. The molecule has 0 amide bonds. The molecule has 0 aromatic carbocycles. The zero-order chi connectivity index (χ0) is 10.1. The number of imidazole rings is 1. The van der Waals surface area contributed by atoms with Crippen LogP contribution >= 0.6 is 0 Å². The van der Waals surface area contributed by atoms with Crippen LogP contribution in [0, 0.1) is 5.41 Å². The third-order valence-electron chi connectivity index (χ3n) is 1.55. The smallest absolute Gasteiger partial charge is 0.257 e. The second-order valence-electron chi connectivity index (χ2n) is 4.07. The zero-order valence-corrected chi connectivity index (χ0v) is 8.44. The Bertz CT molecular complexity index is 310. The van der Waals surface area contributed by atoms with Crippen LogP contribution in [0.15, 0.2) is 18.7 Å². The summed E-state index contributed by atoms with van der Waals surface area (Å²) in [4.78, 5) is 16.4. The van der Waals surface area contributed by atoms with E-state index in [-0.39, 0.29) is 5.97 Å². The summed E-state index contributed by atoms with van der Waals surface area (Å²) in [6.07, 6.45) is 5.17. The molecule has 1 rings (SSSR count). The van der Waals surface area contributed by atoms with Crippen LogP contribution < -0.4 is 9.40 Å². The lowest BCUT2D eigenvalue weighted by molar-refractivity contribution is -0.671. The van der Waals surface area contributed by atoms with Gasteiger partial charge in [-0.05, 0) is 25.5 Å². The van der Waals surface area contributed by atoms with Crippen LogP contribution in [0.3, 0.4) is 0 Å². The highest BCUT2D eigenvalue weighted by Crippen LogP contribution is 2.13. The molecule has 0 aliphatic heterocycles. The highest BCUT2D eigenvalue weighted by molar-refractivity contribution is 5.75. The molecule has 0 radical (unpaired) electrons. The Balaban J connectivity index is 2.65. The van der Waals surface area contributed by atoms with Crippen molar-refractivity contribution in [2.75, 3.05) is 0 Å². The highest BCUT2D eigenvalue weighted by atomic mass is 16.7. The maximum absolute atomic E-state index is 11.4. The number of rotatable bonds is 1. The van der Waals surface area contributed by atoms with Gasteiger partial charge in [0.1, 0.15) is 6.20 Å². The van der Waals surface area contributed by atoms with Gasteiger partial charge in [-0.15, -0.1) is 0 Å². The van der Waals surface area contributed by atoms with Gasteiger partial charge in [0.2, 0.25) is 0 Å². The second kappa shape index (κ2) is 3.20. The second-order valence-corrected chi connectivity index (χ2v) is 4.07. The molecule has 1 aromatic heterocycles. The lowest BCUT2D eigenvalue weighted by Crippen LogP contribution is -2.32. The van der Waals surface area contributed by atoms with Crippen LogP contribution in [0.5, 0.6) is 0 Å². The molecule has 0 aliphatic rings. The number of carbonyl (C=O) groups excluding carboxylic acids is 1. The van der Waals surface area contributed by atoms with Gasteiger partial charge in [-0.1, -0.05) is 0 Å². The fourth-order valence-electron chi connectivity index (χ4n) is 0.714. The molecule has 0 N–H and O–H groups in total. The van der Waals surface area contributed by atoms with Gasteiger partial charge in [-0.2, -0.15) is 0 Å². The Hall–Kier alpha value is -1.32. The summed E-state index contributed by atoms with van der Waals surface area (Å²) in [7, 11) is 1.86. The number of aryl methyl sites for hydroxylation is 1. The van der Waals surface area contributed by atoms with Crippen LogP contribution in [-0.4, -0.2) is 10.7 Å². The normalized spacial score (nSPS) is 11.4. The van der Waals surface area contributed by atoms with Crippen molar-refractivity contribution in [2.45, 2.75) is 20.8 Å². The van der Waals surface area contributed by atoms with Crippen LogP contribution in [0.1, 0.15) is 20.8 Å². The first-order valence-electron chi connectivity index (χ1n) is 4.15. The Morgan fingerprint density at radius 1 is 1.46 bits per heavy atom. The minimum Gasteiger partial charge on any atom is -0.257 e. The molecule has 13 heavy (non-hydrogen) atoms. The predicted octanol–water partition coefficient (Wildman–Crippen LogP) is 0.314. The summed E-state index contributed by atoms with van der Waals surface area (Å²) in [5.74, 6) is -0.247. The molecular formula is C9H15N2O2+. The third-order valence-corrected chi connectivity index (χ3v) is 1.55. The topological polar surface area (TPSA) is 35.1 Å². The molecule has 72 valence electrons. The summed E-state index contributed by atoms with van der Waals surface area (Å²) >= 11 is 0.